The molecule has 0 aromatic rings. The Bertz CT molecular complexity index is 408. The van der Waals surface area contributed by atoms with Gasteiger partial charge in [-0.3, -0.25) is 0 Å². The average Bonchev–Trinajstić information content (AvgIpc) is 2.24. The maximum absolute atomic E-state index is 12.3. The van der Waals surface area contributed by atoms with Crippen molar-refractivity contribution < 1.29 is 19.1 Å². The first-order chi connectivity index (χ1) is 9.98. The minimum atomic E-state index is -0.501. The molecule has 0 radical (unpaired) electrons. The third-order valence-electron chi connectivity index (χ3n) is 3.84. The molecule has 0 N–H and O–H groups in total. The predicted octanol–water partition coefficient (Wildman–Crippen LogP) is 3.01. The quantitative estimate of drug-likeness (QED) is 0.690. The summed E-state index contributed by atoms with van der Waals surface area (Å²) < 4.78 is 10.9. The lowest BCUT2D eigenvalue weighted by atomic mass is 9.82. The molecule has 1 saturated heterocycles. The van der Waals surface area contributed by atoms with Crippen molar-refractivity contribution >= 4 is 12.2 Å². The summed E-state index contributed by atoms with van der Waals surface area (Å²) >= 11 is 0. The molecule has 126 valence electrons. The van der Waals surface area contributed by atoms with E-state index in [-0.39, 0.29) is 24.3 Å². The molecule has 1 heterocycles. The van der Waals surface area contributed by atoms with Gasteiger partial charge in [0.2, 0.25) is 0 Å². The predicted molar refractivity (Wildman–Crippen MR) is 82.7 cm³/mol. The van der Waals surface area contributed by atoms with Crippen molar-refractivity contribution in [1.29, 1.82) is 0 Å². The molecule has 0 aromatic heterocycles. The first kappa shape index (κ1) is 16.9. The van der Waals surface area contributed by atoms with Gasteiger partial charge in [0, 0.05) is 13.1 Å². The third-order valence-corrected chi connectivity index (χ3v) is 3.84. The van der Waals surface area contributed by atoms with Gasteiger partial charge < -0.3 is 19.3 Å². The summed E-state index contributed by atoms with van der Waals surface area (Å²) in [6.45, 7) is 12.2. The minimum absolute atomic E-state index is 0.0520. The van der Waals surface area contributed by atoms with Crippen LogP contribution in [0.3, 0.4) is 0 Å². The maximum atomic E-state index is 12.3. The van der Waals surface area contributed by atoms with Crippen LogP contribution in [0, 0.1) is 0 Å². The Morgan fingerprint density at radius 3 is 1.32 bits per heavy atom. The summed E-state index contributed by atoms with van der Waals surface area (Å²) in [6.07, 6.45) is 1.24. The van der Waals surface area contributed by atoms with E-state index in [1.807, 2.05) is 41.5 Å². The van der Waals surface area contributed by atoms with Crippen LogP contribution in [0.2, 0.25) is 0 Å². The molecule has 22 heavy (non-hydrogen) atoms. The second kappa shape index (κ2) is 5.63. The van der Waals surface area contributed by atoms with Crippen molar-refractivity contribution in [1.82, 2.24) is 9.80 Å². The number of hydrogen-bond acceptors (Lipinski definition) is 4. The summed E-state index contributed by atoms with van der Waals surface area (Å²) in [5.74, 6) is 0. The van der Waals surface area contributed by atoms with E-state index in [2.05, 4.69) is 0 Å². The van der Waals surface area contributed by atoms with Crippen molar-refractivity contribution in [2.45, 2.75) is 77.7 Å². The summed E-state index contributed by atoms with van der Waals surface area (Å²) in [5.41, 5.74) is -1.00. The Balaban J connectivity index is 1.99. The Hall–Kier alpha value is -1.46. The molecule has 6 heteroatoms. The lowest BCUT2D eigenvalue weighted by Crippen LogP contribution is -2.67. The van der Waals surface area contributed by atoms with Gasteiger partial charge in [-0.2, -0.15) is 0 Å². The number of fused-ring (bicyclic) bond motifs is 1. The monoisotopic (exact) mass is 312 g/mol. The molecular weight excluding hydrogens is 284 g/mol. The molecule has 2 amide bonds. The molecular formula is C16H28N2O4. The zero-order valence-corrected chi connectivity index (χ0v) is 14.5. The normalized spacial score (nSPS) is 25.2. The van der Waals surface area contributed by atoms with Crippen molar-refractivity contribution in [2.75, 3.05) is 13.1 Å². The van der Waals surface area contributed by atoms with E-state index in [4.69, 9.17) is 9.47 Å². The number of amides is 2. The van der Waals surface area contributed by atoms with E-state index >= 15 is 0 Å². The molecule has 2 rings (SSSR count). The van der Waals surface area contributed by atoms with Crippen molar-refractivity contribution in [3.63, 3.8) is 0 Å². The summed E-state index contributed by atoms with van der Waals surface area (Å²) in [4.78, 5) is 28.1. The summed E-state index contributed by atoms with van der Waals surface area (Å²) in [5, 5.41) is 0. The van der Waals surface area contributed by atoms with E-state index < -0.39 is 11.2 Å². The Labute approximate surface area is 132 Å². The van der Waals surface area contributed by atoms with Crippen LogP contribution in [-0.2, 0) is 9.47 Å². The van der Waals surface area contributed by atoms with Gasteiger partial charge in [0.15, 0.2) is 0 Å². The molecule has 2 fully saturated rings. The van der Waals surface area contributed by atoms with Gasteiger partial charge in [-0.1, -0.05) is 0 Å². The van der Waals surface area contributed by atoms with Crippen LogP contribution < -0.4 is 0 Å². The standard InChI is InChI=1S/C16H28N2O4/c1-15(2,3)21-13(19)17-9-10-18(12-8-7-11(12)17)14(20)22-16(4,5)6/h11-12H,7-10H2,1-6H3/t11-,12-/m1/s1. The highest BCUT2D eigenvalue weighted by Gasteiger charge is 2.48. The van der Waals surface area contributed by atoms with E-state index in [9.17, 15) is 9.59 Å². The number of hydrogen-bond donors (Lipinski definition) is 0. The van der Waals surface area contributed by atoms with Gasteiger partial charge >= 0.3 is 12.2 Å². The van der Waals surface area contributed by atoms with E-state index in [0.717, 1.165) is 12.8 Å². The van der Waals surface area contributed by atoms with Gasteiger partial charge in [0.05, 0.1) is 12.1 Å². The molecule has 2 aliphatic rings. The lowest BCUT2D eigenvalue weighted by molar-refractivity contribution is -0.0604. The summed E-state index contributed by atoms with van der Waals surface area (Å²) in [6, 6.07) is 0.104. The van der Waals surface area contributed by atoms with Gasteiger partial charge in [-0.05, 0) is 54.4 Å². The number of rotatable bonds is 0. The van der Waals surface area contributed by atoms with E-state index in [1.54, 1.807) is 9.80 Å². The van der Waals surface area contributed by atoms with Crippen molar-refractivity contribution in [3.05, 3.63) is 0 Å². The fraction of sp³-hybridized carbons (Fsp3) is 0.875. The van der Waals surface area contributed by atoms with Crippen LogP contribution in [0.5, 0.6) is 0 Å². The maximum Gasteiger partial charge on any atom is 0.410 e. The summed E-state index contributed by atoms with van der Waals surface area (Å²) in [7, 11) is 0. The van der Waals surface area contributed by atoms with Crippen molar-refractivity contribution in [2.24, 2.45) is 0 Å². The molecule has 1 saturated carbocycles. The fourth-order valence-electron chi connectivity index (χ4n) is 2.83. The Morgan fingerprint density at radius 1 is 0.773 bits per heavy atom. The smallest absolute Gasteiger partial charge is 0.410 e. The first-order valence-electron chi connectivity index (χ1n) is 7.97. The van der Waals surface area contributed by atoms with Gasteiger partial charge in [0.1, 0.15) is 11.2 Å². The van der Waals surface area contributed by atoms with Crippen LogP contribution >= 0.6 is 0 Å². The second-order valence-electron chi connectivity index (χ2n) is 8.06. The molecule has 1 aliphatic carbocycles. The van der Waals surface area contributed by atoms with Crippen LogP contribution in [0.25, 0.3) is 0 Å². The highest BCUT2D eigenvalue weighted by atomic mass is 16.6. The molecule has 6 nitrogen and oxygen atoms in total. The number of nitrogens with zero attached hydrogens (tertiary/aromatic N) is 2. The van der Waals surface area contributed by atoms with Crippen LogP contribution in [-0.4, -0.2) is 58.4 Å². The fourth-order valence-corrected chi connectivity index (χ4v) is 2.83. The number of ether oxygens (including phenoxy) is 2. The van der Waals surface area contributed by atoms with Crippen LogP contribution in [0.1, 0.15) is 54.4 Å². The Kier molecular flexibility index (Phi) is 4.33. The first-order valence-corrected chi connectivity index (χ1v) is 7.97. The van der Waals surface area contributed by atoms with Gasteiger partial charge in [-0.25, -0.2) is 9.59 Å². The molecule has 0 spiro atoms. The second-order valence-corrected chi connectivity index (χ2v) is 8.06. The highest BCUT2D eigenvalue weighted by molar-refractivity contribution is 5.72. The number of carbonyl (C=O) groups is 2. The zero-order valence-electron chi connectivity index (χ0n) is 14.5. The third kappa shape index (κ3) is 3.84. The van der Waals surface area contributed by atoms with Gasteiger partial charge in [-0.15, -0.1) is 0 Å². The average molecular weight is 312 g/mol. The van der Waals surface area contributed by atoms with Gasteiger partial charge in [0.25, 0.3) is 0 Å². The van der Waals surface area contributed by atoms with E-state index in [0.29, 0.717) is 13.1 Å². The van der Waals surface area contributed by atoms with Crippen LogP contribution in [0.15, 0.2) is 0 Å². The SMILES string of the molecule is CC(C)(C)OC(=O)N1CCN(C(=O)OC(C)(C)C)[C@@H]2CC[C@H]21. The van der Waals surface area contributed by atoms with E-state index in [1.165, 1.54) is 0 Å². The number of piperazine rings is 1. The molecule has 0 aromatic carbocycles. The van der Waals surface area contributed by atoms with Crippen molar-refractivity contribution in [3.8, 4) is 0 Å². The molecule has 0 bridgehead atoms. The largest absolute Gasteiger partial charge is 0.444 e. The molecule has 0 unspecified atom stereocenters. The molecule has 1 aliphatic heterocycles. The topological polar surface area (TPSA) is 59.1 Å². The molecule has 2 atom stereocenters. The Morgan fingerprint density at radius 2 is 1.09 bits per heavy atom. The lowest BCUT2D eigenvalue weighted by Gasteiger charge is -2.53. The highest BCUT2D eigenvalue weighted by Crippen LogP contribution is 2.35. The number of carbonyl (C=O) groups excluding carboxylic acids is 2. The zero-order chi connectivity index (χ0) is 16.7. The minimum Gasteiger partial charge on any atom is -0.444 e. The van der Waals surface area contributed by atoms with Crippen LogP contribution in [0.4, 0.5) is 9.59 Å².